The second kappa shape index (κ2) is 7.30. The molecule has 3 saturated heterocycles. The molecule has 7 nitrogen and oxygen atoms in total. The van der Waals surface area contributed by atoms with Crippen LogP contribution >= 0.6 is 27.7 Å². The highest BCUT2D eigenvalue weighted by atomic mass is 79.9. The Bertz CT molecular complexity index is 917. The van der Waals surface area contributed by atoms with Gasteiger partial charge in [-0.05, 0) is 41.4 Å². The summed E-state index contributed by atoms with van der Waals surface area (Å²) in [6.45, 7) is 3.20. The van der Waals surface area contributed by atoms with Crippen LogP contribution in [-0.4, -0.2) is 77.2 Å². The van der Waals surface area contributed by atoms with Crippen molar-refractivity contribution < 1.29 is 18.0 Å². The van der Waals surface area contributed by atoms with Crippen LogP contribution in [0, 0.1) is 0 Å². The third-order valence-corrected chi connectivity index (χ3v) is 10.2. The van der Waals surface area contributed by atoms with E-state index in [0.717, 1.165) is 6.42 Å². The summed E-state index contributed by atoms with van der Waals surface area (Å²) >= 11 is 4.97. The lowest BCUT2D eigenvalue weighted by Crippen LogP contribution is -2.56. The molecule has 3 fully saturated rings. The number of thioether (sulfide) groups is 1. The summed E-state index contributed by atoms with van der Waals surface area (Å²) in [5.41, 5.74) is 0. The van der Waals surface area contributed by atoms with Crippen LogP contribution in [0.4, 0.5) is 0 Å². The molecule has 3 aliphatic heterocycles. The highest BCUT2D eigenvalue weighted by Gasteiger charge is 2.53. The van der Waals surface area contributed by atoms with Crippen LogP contribution in [0.15, 0.2) is 33.6 Å². The minimum Gasteiger partial charge on any atom is -0.338 e. The molecule has 0 unspecified atom stereocenters. The number of carbonyl (C=O) groups excluding carboxylic acids is 2. The van der Waals surface area contributed by atoms with Gasteiger partial charge in [0.05, 0.1) is 9.77 Å². The maximum atomic E-state index is 13.1. The first-order valence-electron chi connectivity index (χ1n) is 9.24. The summed E-state index contributed by atoms with van der Waals surface area (Å²) in [7, 11) is -3.61. The maximum absolute atomic E-state index is 13.1. The van der Waals surface area contributed by atoms with Gasteiger partial charge >= 0.3 is 0 Å². The molecule has 0 N–H and O–H groups in total. The number of fused-ring (bicyclic) bond motifs is 1. The van der Waals surface area contributed by atoms with Crippen molar-refractivity contribution in [3.05, 3.63) is 28.7 Å². The zero-order chi connectivity index (χ0) is 20.1. The SMILES string of the molecule is C[C@@]12CCC(=O)N1[C@@H](C(=O)N1CCN(S(=O)(=O)c3ccccc3Br)CC1)CS2. The minimum absolute atomic E-state index is 0.0426. The lowest BCUT2D eigenvalue weighted by atomic mass is 10.2. The fraction of sp³-hybridized carbons (Fsp3) is 0.556. The highest BCUT2D eigenvalue weighted by molar-refractivity contribution is 9.10. The molecule has 0 aliphatic carbocycles. The molecule has 0 radical (unpaired) electrons. The van der Waals surface area contributed by atoms with E-state index in [0.29, 0.717) is 29.7 Å². The summed E-state index contributed by atoms with van der Waals surface area (Å²) in [6, 6.07) is 6.31. The molecule has 0 saturated carbocycles. The average Bonchev–Trinajstić information content (AvgIpc) is 3.17. The van der Waals surface area contributed by atoms with E-state index in [1.165, 1.54) is 4.31 Å². The van der Waals surface area contributed by atoms with Crippen molar-refractivity contribution in [3.8, 4) is 0 Å². The summed E-state index contributed by atoms with van der Waals surface area (Å²) in [4.78, 5) is 28.8. The average molecular weight is 488 g/mol. The van der Waals surface area contributed by atoms with Gasteiger partial charge in [0.25, 0.3) is 0 Å². The Morgan fingerprint density at radius 2 is 1.89 bits per heavy atom. The lowest BCUT2D eigenvalue weighted by molar-refractivity contribution is -0.144. The zero-order valence-corrected chi connectivity index (χ0v) is 18.7. The van der Waals surface area contributed by atoms with Gasteiger partial charge in [-0.2, -0.15) is 4.31 Å². The quantitative estimate of drug-likeness (QED) is 0.648. The highest BCUT2D eigenvalue weighted by Crippen LogP contribution is 2.47. The molecular weight excluding hydrogens is 466 g/mol. The van der Waals surface area contributed by atoms with E-state index in [1.54, 1.807) is 45.8 Å². The Labute approximate surface area is 177 Å². The van der Waals surface area contributed by atoms with E-state index < -0.39 is 16.1 Å². The van der Waals surface area contributed by atoms with Crippen molar-refractivity contribution in [1.29, 1.82) is 0 Å². The van der Waals surface area contributed by atoms with Gasteiger partial charge in [0.15, 0.2) is 0 Å². The Hall–Kier alpha value is -1.10. The van der Waals surface area contributed by atoms with Crippen molar-refractivity contribution in [2.24, 2.45) is 0 Å². The second-order valence-corrected chi connectivity index (χ2v) is 11.7. The molecule has 10 heteroatoms. The Morgan fingerprint density at radius 1 is 1.21 bits per heavy atom. The molecule has 152 valence electrons. The van der Waals surface area contributed by atoms with Gasteiger partial charge in [0.1, 0.15) is 6.04 Å². The topological polar surface area (TPSA) is 78.0 Å². The first-order chi connectivity index (χ1) is 13.2. The predicted molar refractivity (Wildman–Crippen MR) is 110 cm³/mol. The molecule has 3 heterocycles. The Morgan fingerprint density at radius 3 is 2.57 bits per heavy atom. The summed E-state index contributed by atoms with van der Waals surface area (Å²) in [5.74, 6) is 0.585. The van der Waals surface area contributed by atoms with Gasteiger partial charge in [0, 0.05) is 42.8 Å². The summed E-state index contributed by atoms with van der Waals surface area (Å²) < 4.78 is 27.8. The second-order valence-electron chi connectivity index (χ2n) is 7.43. The van der Waals surface area contributed by atoms with E-state index in [2.05, 4.69) is 15.9 Å². The van der Waals surface area contributed by atoms with E-state index in [4.69, 9.17) is 0 Å². The first kappa shape index (κ1) is 20.2. The number of rotatable bonds is 3. The smallest absolute Gasteiger partial charge is 0.246 e. The van der Waals surface area contributed by atoms with Crippen LogP contribution in [0.25, 0.3) is 0 Å². The van der Waals surface area contributed by atoms with Crippen molar-refractivity contribution in [2.45, 2.75) is 35.6 Å². The van der Waals surface area contributed by atoms with Gasteiger partial charge < -0.3 is 9.80 Å². The van der Waals surface area contributed by atoms with E-state index in [-0.39, 0.29) is 34.7 Å². The molecule has 4 rings (SSSR count). The molecule has 2 amide bonds. The molecule has 3 aliphatic rings. The van der Waals surface area contributed by atoms with Gasteiger partial charge in [-0.3, -0.25) is 9.59 Å². The van der Waals surface area contributed by atoms with Crippen molar-refractivity contribution >= 4 is 49.5 Å². The molecule has 0 bridgehead atoms. The largest absolute Gasteiger partial charge is 0.338 e. The number of hydrogen-bond acceptors (Lipinski definition) is 5. The number of carbonyl (C=O) groups is 2. The van der Waals surface area contributed by atoms with Crippen molar-refractivity contribution in [3.63, 3.8) is 0 Å². The van der Waals surface area contributed by atoms with Gasteiger partial charge in [-0.1, -0.05) is 12.1 Å². The standard InChI is InChI=1S/C18H22BrN3O4S2/c1-18-7-6-16(23)22(18)14(12-27-18)17(24)20-8-10-21(11-9-20)28(25,26)15-5-3-2-4-13(15)19/h2-5,14H,6-12H2,1H3/t14-,18-/m1/s1. The molecular formula is C18H22BrN3O4S2. The lowest BCUT2D eigenvalue weighted by Gasteiger charge is -2.37. The number of sulfonamides is 1. The third-order valence-electron chi connectivity index (χ3n) is 5.73. The molecule has 0 spiro atoms. The Balaban J connectivity index is 1.44. The maximum Gasteiger partial charge on any atom is 0.246 e. The number of nitrogens with zero attached hydrogens (tertiary/aromatic N) is 3. The predicted octanol–water partition coefficient (Wildman–Crippen LogP) is 1.74. The molecule has 1 aromatic carbocycles. The number of halogens is 1. The number of hydrogen-bond donors (Lipinski definition) is 0. The number of benzene rings is 1. The third kappa shape index (κ3) is 3.28. The minimum atomic E-state index is -3.61. The van der Waals surface area contributed by atoms with Crippen LogP contribution in [0.3, 0.4) is 0 Å². The van der Waals surface area contributed by atoms with Gasteiger partial charge in [0.2, 0.25) is 21.8 Å². The monoisotopic (exact) mass is 487 g/mol. The molecule has 0 aromatic heterocycles. The number of piperazine rings is 1. The Kier molecular flexibility index (Phi) is 5.26. The van der Waals surface area contributed by atoms with E-state index in [1.807, 2.05) is 6.92 Å². The molecule has 28 heavy (non-hydrogen) atoms. The molecule has 2 atom stereocenters. The van der Waals surface area contributed by atoms with Crippen LogP contribution in [0.1, 0.15) is 19.8 Å². The van der Waals surface area contributed by atoms with Crippen LogP contribution < -0.4 is 0 Å². The van der Waals surface area contributed by atoms with Crippen LogP contribution in [-0.2, 0) is 19.6 Å². The first-order valence-corrected chi connectivity index (χ1v) is 12.5. The zero-order valence-electron chi connectivity index (χ0n) is 15.5. The summed E-state index contributed by atoms with van der Waals surface area (Å²) in [5, 5.41) is 0. The van der Waals surface area contributed by atoms with Gasteiger partial charge in [-0.25, -0.2) is 8.42 Å². The van der Waals surface area contributed by atoms with Crippen LogP contribution in [0.2, 0.25) is 0 Å². The fourth-order valence-corrected chi connectivity index (χ4v) is 7.96. The van der Waals surface area contributed by atoms with Crippen LogP contribution in [0.5, 0.6) is 0 Å². The van der Waals surface area contributed by atoms with Crippen molar-refractivity contribution in [1.82, 2.24) is 14.1 Å². The summed E-state index contributed by atoms with van der Waals surface area (Å²) in [6.07, 6.45) is 1.27. The number of amides is 2. The fourth-order valence-electron chi connectivity index (χ4n) is 4.16. The normalized spacial score (nSPS) is 28.6. The van der Waals surface area contributed by atoms with Gasteiger partial charge in [-0.15, -0.1) is 11.8 Å². The van der Waals surface area contributed by atoms with E-state index >= 15 is 0 Å². The van der Waals surface area contributed by atoms with Crippen molar-refractivity contribution in [2.75, 3.05) is 31.9 Å². The molecule has 1 aromatic rings. The van der Waals surface area contributed by atoms with E-state index in [9.17, 15) is 18.0 Å².